The number of aromatic nitrogens is 3. The zero-order valence-electron chi connectivity index (χ0n) is 9.98. The number of likely N-dealkylation sites (N-methyl/N-ethyl adjacent to an activating group) is 1. The molecule has 1 aliphatic rings. The first-order valence-electron chi connectivity index (χ1n) is 5.60. The van der Waals surface area contributed by atoms with Gasteiger partial charge in [-0.1, -0.05) is 0 Å². The van der Waals surface area contributed by atoms with Gasteiger partial charge in [-0.25, -0.2) is 0 Å². The molecule has 0 spiro atoms. The van der Waals surface area contributed by atoms with Crippen LogP contribution in [0.2, 0.25) is 5.28 Å². The molecule has 0 aromatic carbocycles. The molecule has 0 aliphatic carbocycles. The largest absolute Gasteiger partial charge is 0.467 e. The van der Waals surface area contributed by atoms with Crippen LogP contribution in [-0.4, -0.2) is 48.2 Å². The lowest BCUT2D eigenvalue weighted by Gasteiger charge is -2.32. The van der Waals surface area contributed by atoms with Gasteiger partial charge in [-0.3, -0.25) is 0 Å². The Balaban J connectivity index is 2.18. The van der Waals surface area contributed by atoms with Gasteiger partial charge in [0, 0.05) is 19.1 Å². The van der Waals surface area contributed by atoms with Gasteiger partial charge in [-0.05, 0) is 31.5 Å². The van der Waals surface area contributed by atoms with E-state index in [4.69, 9.17) is 16.3 Å². The molecular weight excluding hydrogens is 242 g/mol. The van der Waals surface area contributed by atoms with Crippen LogP contribution >= 0.6 is 11.6 Å². The maximum atomic E-state index is 5.83. The standard InChI is InChI=1S/C10H16ClN5O/c1-12-7-4-3-5-16(6-7)9-13-8(11)14-10(15-9)17-2/h7,12H,3-6H2,1-2H3. The van der Waals surface area contributed by atoms with E-state index in [1.165, 1.54) is 13.5 Å². The number of hydrogen-bond donors (Lipinski definition) is 1. The van der Waals surface area contributed by atoms with Gasteiger partial charge >= 0.3 is 6.01 Å². The average molecular weight is 258 g/mol. The van der Waals surface area contributed by atoms with Crippen molar-refractivity contribution in [3.63, 3.8) is 0 Å². The lowest BCUT2D eigenvalue weighted by molar-refractivity contribution is 0.376. The molecule has 1 unspecified atom stereocenters. The third-order valence-electron chi connectivity index (χ3n) is 2.87. The number of anilines is 1. The van der Waals surface area contributed by atoms with Crippen molar-refractivity contribution in [2.45, 2.75) is 18.9 Å². The molecule has 1 aromatic heterocycles. The van der Waals surface area contributed by atoms with E-state index < -0.39 is 0 Å². The molecule has 6 nitrogen and oxygen atoms in total. The fraction of sp³-hybridized carbons (Fsp3) is 0.700. The quantitative estimate of drug-likeness (QED) is 0.861. The molecule has 94 valence electrons. The van der Waals surface area contributed by atoms with Crippen LogP contribution in [0.3, 0.4) is 0 Å². The summed E-state index contributed by atoms with van der Waals surface area (Å²) in [7, 11) is 3.48. The van der Waals surface area contributed by atoms with Crippen molar-refractivity contribution in [1.29, 1.82) is 0 Å². The Morgan fingerprint density at radius 3 is 2.94 bits per heavy atom. The number of nitrogens with zero attached hydrogens (tertiary/aromatic N) is 4. The Kier molecular flexibility index (Phi) is 3.96. The normalized spacial score (nSPS) is 20.4. The Bertz CT molecular complexity index is 389. The molecule has 7 heteroatoms. The van der Waals surface area contributed by atoms with Crippen LogP contribution in [0.25, 0.3) is 0 Å². The van der Waals surface area contributed by atoms with Gasteiger partial charge in [0.25, 0.3) is 0 Å². The van der Waals surface area contributed by atoms with E-state index in [0.717, 1.165) is 19.5 Å². The van der Waals surface area contributed by atoms with Crippen molar-refractivity contribution in [1.82, 2.24) is 20.3 Å². The minimum Gasteiger partial charge on any atom is -0.467 e. The van der Waals surface area contributed by atoms with Gasteiger partial charge in [0.15, 0.2) is 0 Å². The number of piperidine rings is 1. The first kappa shape index (κ1) is 12.3. The number of ether oxygens (including phenoxy) is 1. The Morgan fingerprint density at radius 1 is 1.41 bits per heavy atom. The lowest BCUT2D eigenvalue weighted by Crippen LogP contribution is -2.45. The second-order valence-corrected chi connectivity index (χ2v) is 4.30. The SMILES string of the molecule is CNC1CCCN(c2nc(Cl)nc(OC)n2)C1. The van der Waals surface area contributed by atoms with Crippen LogP contribution in [-0.2, 0) is 0 Å². The van der Waals surface area contributed by atoms with Crippen molar-refractivity contribution in [3.8, 4) is 6.01 Å². The topological polar surface area (TPSA) is 63.2 Å². The first-order chi connectivity index (χ1) is 8.22. The highest BCUT2D eigenvalue weighted by molar-refractivity contribution is 6.28. The summed E-state index contributed by atoms with van der Waals surface area (Å²) in [6.45, 7) is 1.81. The maximum Gasteiger partial charge on any atom is 0.322 e. The lowest BCUT2D eigenvalue weighted by atomic mass is 10.1. The van der Waals surface area contributed by atoms with Crippen molar-refractivity contribution in [3.05, 3.63) is 5.28 Å². The molecule has 1 atom stereocenters. The molecule has 1 N–H and O–H groups in total. The van der Waals surface area contributed by atoms with E-state index in [1.807, 2.05) is 7.05 Å². The number of hydrogen-bond acceptors (Lipinski definition) is 6. The second-order valence-electron chi connectivity index (χ2n) is 3.96. The van der Waals surface area contributed by atoms with E-state index in [0.29, 0.717) is 12.0 Å². The Hall–Kier alpha value is -1.14. The van der Waals surface area contributed by atoms with Gasteiger partial charge < -0.3 is 15.0 Å². The molecule has 1 aliphatic heterocycles. The average Bonchev–Trinajstić information content (AvgIpc) is 2.38. The fourth-order valence-electron chi connectivity index (χ4n) is 1.95. The van der Waals surface area contributed by atoms with Crippen LogP contribution in [0.5, 0.6) is 6.01 Å². The zero-order valence-corrected chi connectivity index (χ0v) is 10.7. The van der Waals surface area contributed by atoms with Crippen LogP contribution in [0.15, 0.2) is 0 Å². The summed E-state index contributed by atoms with van der Waals surface area (Å²) in [5, 5.41) is 3.43. The van der Waals surface area contributed by atoms with Crippen LogP contribution in [0, 0.1) is 0 Å². The summed E-state index contributed by atoms with van der Waals surface area (Å²) < 4.78 is 4.99. The van der Waals surface area contributed by atoms with E-state index in [9.17, 15) is 0 Å². The molecule has 0 saturated carbocycles. The van der Waals surface area contributed by atoms with Crippen molar-refractivity contribution in [2.24, 2.45) is 0 Å². The molecule has 0 bridgehead atoms. The third-order valence-corrected chi connectivity index (χ3v) is 3.04. The zero-order chi connectivity index (χ0) is 12.3. The Labute approximate surface area is 105 Å². The van der Waals surface area contributed by atoms with Crippen molar-refractivity contribution in [2.75, 3.05) is 32.1 Å². The number of rotatable bonds is 3. The summed E-state index contributed by atoms with van der Waals surface area (Å²) in [5.74, 6) is 0.585. The van der Waals surface area contributed by atoms with E-state index in [1.54, 1.807) is 0 Å². The monoisotopic (exact) mass is 257 g/mol. The van der Waals surface area contributed by atoms with E-state index in [2.05, 4.69) is 25.2 Å². The molecule has 0 radical (unpaired) electrons. The number of halogens is 1. The number of methoxy groups -OCH3 is 1. The molecule has 17 heavy (non-hydrogen) atoms. The summed E-state index contributed by atoms with van der Waals surface area (Å²) in [6, 6.07) is 0.719. The predicted octanol–water partition coefficient (Wildman–Crippen LogP) is 0.722. The fourth-order valence-corrected chi connectivity index (χ4v) is 2.10. The molecular formula is C10H16ClN5O. The molecule has 0 amide bonds. The highest BCUT2D eigenvalue weighted by atomic mass is 35.5. The third kappa shape index (κ3) is 2.95. The first-order valence-corrected chi connectivity index (χ1v) is 5.98. The summed E-state index contributed by atoms with van der Waals surface area (Å²) >= 11 is 5.83. The number of nitrogens with one attached hydrogen (secondary N) is 1. The molecule has 2 rings (SSSR count). The molecule has 1 saturated heterocycles. The van der Waals surface area contributed by atoms with Gasteiger partial charge in [-0.2, -0.15) is 15.0 Å². The summed E-state index contributed by atoms with van der Waals surface area (Å²) in [4.78, 5) is 14.3. The summed E-state index contributed by atoms with van der Waals surface area (Å²) in [6.07, 6.45) is 2.28. The predicted molar refractivity (Wildman–Crippen MR) is 65.7 cm³/mol. The Morgan fingerprint density at radius 2 is 2.24 bits per heavy atom. The van der Waals surface area contributed by atoms with Crippen LogP contribution in [0.1, 0.15) is 12.8 Å². The molecule has 2 heterocycles. The van der Waals surface area contributed by atoms with Crippen molar-refractivity contribution >= 4 is 17.5 Å². The van der Waals surface area contributed by atoms with Crippen LogP contribution < -0.4 is 15.0 Å². The van der Waals surface area contributed by atoms with Crippen LogP contribution in [0.4, 0.5) is 5.95 Å². The van der Waals surface area contributed by atoms with Gasteiger partial charge in [-0.15, -0.1) is 0 Å². The van der Waals surface area contributed by atoms with Gasteiger partial charge in [0.05, 0.1) is 7.11 Å². The second kappa shape index (κ2) is 5.46. The molecule has 1 aromatic rings. The van der Waals surface area contributed by atoms with Crippen molar-refractivity contribution < 1.29 is 4.74 Å². The van der Waals surface area contributed by atoms with Gasteiger partial charge in [0.2, 0.25) is 11.2 Å². The highest BCUT2D eigenvalue weighted by Crippen LogP contribution is 2.19. The minimum absolute atomic E-state index is 0.165. The summed E-state index contributed by atoms with van der Waals surface area (Å²) in [5.41, 5.74) is 0. The maximum absolute atomic E-state index is 5.83. The highest BCUT2D eigenvalue weighted by Gasteiger charge is 2.21. The van der Waals surface area contributed by atoms with E-state index in [-0.39, 0.29) is 11.3 Å². The smallest absolute Gasteiger partial charge is 0.322 e. The van der Waals surface area contributed by atoms with Gasteiger partial charge in [0.1, 0.15) is 0 Å². The molecule has 1 fully saturated rings. The minimum atomic E-state index is 0.165. The van der Waals surface area contributed by atoms with E-state index >= 15 is 0 Å².